The number of hydrogen-bond acceptors (Lipinski definition) is 10. The standard InChI is InChI=1S/C31H51N7O7/c1-5-10-27(26(6-2)38(43)44)37(21-28(39)45-7-3)35-31(42)25(34-30(41)23-16-19-36(4)20-17-23)11-8-9-18-33-29(40)22-12-14-24(32)15-13-22/h5-6,10,22-25H,1,7-9,11-21,32H2,2-4H3,(H,33,40)(H,34,41)(H,35,42)/b26-6+,27-10+. The molecule has 0 aromatic rings. The van der Waals surface area contributed by atoms with E-state index in [1.165, 1.54) is 25.2 Å². The van der Waals surface area contributed by atoms with Gasteiger partial charge in [-0.05, 0) is 104 Å². The van der Waals surface area contributed by atoms with Gasteiger partial charge in [0.25, 0.3) is 11.6 Å². The number of amides is 3. The number of piperidine rings is 1. The molecular formula is C31H51N7O7. The molecule has 5 N–H and O–H groups in total. The van der Waals surface area contributed by atoms with Gasteiger partial charge in [-0.15, -0.1) is 0 Å². The summed E-state index contributed by atoms with van der Waals surface area (Å²) in [6, 6.07) is -0.838. The van der Waals surface area contributed by atoms with Crippen molar-refractivity contribution in [3.63, 3.8) is 0 Å². The number of ether oxygens (including phenoxy) is 1. The van der Waals surface area contributed by atoms with Gasteiger partial charge < -0.3 is 26.0 Å². The zero-order valence-electron chi connectivity index (χ0n) is 26.9. The lowest BCUT2D eigenvalue weighted by molar-refractivity contribution is -0.423. The summed E-state index contributed by atoms with van der Waals surface area (Å²) >= 11 is 0. The van der Waals surface area contributed by atoms with Gasteiger partial charge in [-0.2, -0.15) is 0 Å². The maximum atomic E-state index is 13.7. The molecular weight excluding hydrogens is 582 g/mol. The Hall–Kier alpha value is -3.78. The fourth-order valence-corrected chi connectivity index (χ4v) is 5.54. The minimum Gasteiger partial charge on any atom is -0.465 e. The highest BCUT2D eigenvalue weighted by Gasteiger charge is 2.31. The Morgan fingerprint density at radius 1 is 1.09 bits per heavy atom. The zero-order valence-corrected chi connectivity index (χ0v) is 26.9. The summed E-state index contributed by atoms with van der Waals surface area (Å²) < 4.78 is 5.04. The fraction of sp³-hybridized carbons (Fsp3) is 0.677. The third-order valence-electron chi connectivity index (χ3n) is 8.22. The summed E-state index contributed by atoms with van der Waals surface area (Å²) in [6.07, 6.45) is 9.71. The van der Waals surface area contributed by atoms with E-state index in [4.69, 9.17) is 10.5 Å². The predicted molar refractivity (Wildman–Crippen MR) is 169 cm³/mol. The van der Waals surface area contributed by atoms with E-state index in [0.29, 0.717) is 32.2 Å². The largest absolute Gasteiger partial charge is 0.465 e. The smallest absolute Gasteiger partial charge is 0.327 e. The molecule has 3 amide bonds. The van der Waals surface area contributed by atoms with Crippen molar-refractivity contribution in [3.8, 4) is 0 Å². The highest BCUT2D eigenvalue weighted by atomic mass is 16.6. The van der Waals surface area contributed by atoms with Gasteiger partial charge in [-0.3, -0.25) is 39.7 Å². The highest BCUT2D eigenvalue weighted by molar-refractivity contribution is 5.88. The maximum Gasteiger partial charge on any atom is 0.327 e. The molecule has 2 aliphatic rings. The molecule has 14 heteroatoms. The van der Waals surface area contributed by atoms with E-state index >= 15 is 0 Å². The third-order valence-corrected chi connectivity index (χ3v) is 8.22. The molecule has 0 spiro atoms. The highest BCUT2D eigenvalue weighted by Crippen LogP contribution is 2.23. The van der Waals surface area contributed by atoms with Crippen LogP contribution in [0.25, 0.3) is 0 Å². The predicted octanol–water partition coefficient (Wildman–Crippen LogP) is 1.76. The van der Waals surface area contributed by atoms with Crippen LogP contribution in [-0.4, -0.2) is 90.4 Å². The van der Waals surface area contributed by atoms with Crippen molar-refractivity contribution in [2.45, 2.75) is 83.7 Å². The summed E-state index contributed by atoms with van der Waals surface area (Å²) in [5.74, 6) is -1.89. The molecule has 0 aromatic carbocycles. The Balaban J connectivity index is 2.16. The third kappa shape index (κ3) is 12.6. The van der Waals surface area contributed by atoms with Gasteiger partial charge in [0.15, 0.2) is 0 Å². The molecule has 1 heterocycles. The van der Waals surface area contributed by atoms with Crippen LogP contribution in [0.2, 0.25) is 0 Å². The van der Waals surface area contributed by atoms with Crippen LogP contribution in [-0.2, 0) is 23.9 Å². The lowest BCUT2D eigenvalue weighted by Gasteiger charge is -2.31. The van der Waals surface area contributed by atoms with Gasteiger partial charge >= 0.3 is 5.97 Å². The molecule has 1 saturated carbocycles. The lowest BCUT2D eigenvalue weighted by atomic mass is 9.86. The van der Waals surface area contributed by atoms with Crippen LogP contribution in [0.3, 0.4) is 0 Å². The quantitative estimate of drug-likeness (QED) is 0.0604. The molecule has 1 unspecified atom stereocenters. The van der Waals surface area contributed by atoms with Crippen LogP contribution in [0.15, 0.2) is 36.2 Å². The minimum atomic E-state index is -0.993. The Labute approximate surface area is 265 Å². The second-order valence-electron chi connectivity index (χ2n) is 11.6. The van der Waals surface area contributed by atoms with Crippen LogP contribution in [0.4, 0.5) is 0 Å². The molecule has 14 nitrogen and oxygen atoms in total. The number of unbranched alkanes of at least 4 members (excludes halogenated alkanes) is 1. The van der Waals surface area contributed by atoms with Crippen LogP contribution < -0.4 is 21.8 Å². The van der Waals surface area contributed by atoms with E-state index in [1.807, 2.05) is 7.05 Å². The molecule has 2 fully saturated rings. The number of nitrogens with zero attached hydrogens (tertiary/aromatic N) is 3. The van der Waals surface area contributed by atoms with Gasteiger partial charge in [-0.25, -0.2) is 0 Å². The molecule has 1 atom stereocenters. The van der Waals surface area contributed by atoms with Crippen LogP contribution in [0, 0.1) is 22.0 Å². The number of esters is 1. The summed E-state index contributed by atoms with van der Waals surface area (Å²) in [7, 11) is 1.99. The van der Waals surface area contributed by atoms with Gasteiger partial charge in [0.1, 0.15) is 18.3 Å². The van der Waals surface area contributed by atoms with Crippen molar-refractivity contribution >= 4 is 23.7 Å². The molecule has 0 radical (unpaired) electrons. The number of nitro groups is 1. The molecule has 1 saturated heterocycles. The normalized spacial score (nSPS) is 20.4. The van der Waals surface area contributed by atoms with E-state index in [2.05, 4.69) is 27.5 Å². The number of nitrogens with one attached hydrogen (secondary N) is 3. The lowest BCUT2D eigenvalue weighted by Crippen LogP contribution is -2.54. The van der Waals surface area contributed by atoms with E-state index < -0.39 is 29.4 Å². The molecule has 1 aliphatic heterocycles. The maximum absolute atomic E-state index is 13.7. The number of carbonyl (C=O) groups is 4. The number of carbonyl (C=O) groups excluding carboxylic acids is 4. The minimum absolute atomic E-state index is 0.00785. The Morgan fingerprint density at radius 2 is 1.73 bits per heavy atom. The monoisotopic (exact) mass is 633 g/mol. The van der Waals surface area contributed by atoms with Gasteiger partial charge in [-0.1, -0.05) is 12.7 Å². The summed E-state index contributed by atoms with van der Waals surface area (Å²) in [5.41, 5.74) is 8.12. The number of hydrogen-bond donors (Lipinski definition) is 4. The van der Waals surface area contributed by atoms with Crippen molar-refractivity contribution < 1.29 is 28.8 Å². The molecule has 0 bridgehead atoms. The molecule has 1 aliphatic carbocycles. The molecule has 2 rings (SSSR count). The number of nitrogens with two attached hydrogens (primary N) is 1. The van der Waals surface area contributed by atoms with Crippen LogP contribution >= 0.6 is 0 Å². The Morgan fingerprint density at radius 3 is 2.31 bits per heavy atom. The number of likely N-dealkylation sites (tertiary alicyclic amines) is 1. The number of allylic oxidation sites excluding steroid dienone is 3. The fourth-order valence-electron chi connectivity index (χ4n) is 5.54. The molecule has 252 valence electrons. The number of hydrazine groups is 1. The van der Waals surface area contributed by atoms with Crippen LogP contribution in [0.1, 0.15) is 71.6 Å². The first-order valence-electron chi connectivity index (χ1n) is 15.9. The summed E-state index contributed by atoms with van der Waals surface area (Å²) in [6.45, 7) is 8.20. The van der Waals surface area contributed by atoms with Gasteiger partial charge in [0.2, 0.25) is 11.8 Å². The van der Waals surface area contributed by atoms with Crippen molar-refractivity contribution in [1.82, 2.24) is 26.0 Å². The van der Waals surface area contributed by atoms with Crippen LogP contribution in [0.5, 0.6) is 0 Å². The first-order chi connectivity index (χ1) is 21.5. The topological polar surface area (TPSA) is 189 Å². The molecule has 0 aromatic heterocycles. The Bertz CT molecular complexity index is 1090. The zero-order chi connectivity index (χ0) is 33.4. The SMILES string of the molecule is C=C/C=C(\C(=C/C)[N+](=O)[O-])N(CC(=O)OCC)NC(=O)C(CCCCNC(=O)C1CCC(N)CC1)NC(=O)C1CCN(C)CC1. The van der Waals surface area contributed by atoms with Crippen molar-refractivity contribution in [3.05, 3.63) is 46.3 Å². The van der Waals surface area contributed by atoms with Gasteiger partial charge in [0.05, 0.1) is 11.5 Å². The van der Waals surface area contributed by atoms with E-state index in [0.717, 1.165) is 43.8 Å². The van der Waals surface area contributed by atoms with E-state index in [1.54, 1.807) is 6.92 Å². The Kier molecular flexibility index (Phi) is 16.3. The van der Waals surface area contributed by atoms with Gasteiger partial charge in [0, 0.05) is 24.4 Å². The molecule has 45 heavy (non-hydrogen) atoms. The first-order valence-corrected chi connectivity index (χ1v) is 15.9. The second kappa shape index (κ2) is 19.6. The summed E-state index contributed by atoms with van der Waals surface area (Å²) in [4.78, 5) is 65.3. The average molecular weight is 634 g/mol. The van der Waals surface area contributed by atoms with E-state index in [9.17, 15) is 29.3 Å². The van der Waals surface area contributed by atoms with Crippen molar-refractivity contribution in [1.29, 1.82) is 0 Å². The van der Waals surface area contributed by atoms with Crippen molar-refractivity contribution in [2.75, 3.05) is 39.8 Å². The average Bonchev–Trinajstić information content (AvgIpc) is 3.00. The second-order valence-corrected chi connectivity index (χ2v) is 11.6. The number of rotatable bonds is 17. The van der Waals surface area contributed by atoms with E-state index in [-0.39, 0.29) is 54.1 Å². The van der Waals surface area contributed by atoms with Crippen molar-refractivity contribution in [2.24, 2.45) is 17.6 Å². The first kappa shape index (κ1) is 37.4. The summed E-state index contributed by atoms with van der Waals surface area (Å²) in [5, 5.41) is 18.7.